The number of para-hydroxylation sites is 1. The van der Waals surface area contributed by atoms with Gasteiger partial charge in [-0.15, -0.1) is 0 Å². The highest BCUT2D eigenvalue weighted by Gasteiger charge is 2.36. The molecule has 104 valence electrons. The minimum absolute atomic E-state index is 0.142. The van der Waals surface area contributed by atoms with Crippen molar-refractivity contribution in [3.05, 3.63) is 29.8 Å². The van der Waals surface area contributed by atoms with E-state index in [1.807, 2.05) is 19.1 Å². The molecule has 0 aliphatic carbocycles. The van der Waals surface area contributed by atoms with Crippen LogP contribution < -0.4 is 5.32 Å². The van der Waals surface area contributed by atoms with E-state index >= 15 is 0 Å². The van der Waals surface area contributed by atoms with Crippen molar-refractivity contribution >= 4 is 5.91 Å². The van der Waals surface area contributed by atoms with Crippen molar-refractivity contribution < 1.29 is 9.90 Å². The molecule has 0 spiro atoms. The largest absolute Gasteiger partial charge is 0.508 e. The summed E-state index contributed by atoms with van der Waals surface area (Å²) in [5.41, 5.74) is 0.461. The molecule has 4 heteroatoms. The van der Waals surface area contributed by atoms with Crippen LogP contribution in [0.2, 0.25) is 0 Å². The van der Waals surface area contributed by atoms with E-state index in [-0.39, 0.29) is 17.1 Å². The number of phenolic OH excluding ortho intramolecular Hbond substituents is 1. The molecule has 2 N–H and O–H groups in total. The summed E-state index contributed by atoms with van der Waals surface area (Å²) in [5, 5.41) is 13.1. The molecule has 1 amide bonds. The molecule has 19 heavy (non-hydrogen) atoms. The fourth-order valence-electron chi connectivity index (χ4n) is 2.67. The zero-order valence-electron chi connectivity index (χ0n) is 11.6. The van der Waals surface area contributed by atoms with Crippen LogP contribution >= 0.6 is 0 Å². The summed E-state index contributed by atoms with van der Waals surface area (Å²) < 4.78 is 0. The van der Waals surface area contributed by atoms with Gasteiger partial charge in [0.2, 0.25) is 5.91 Å². The first-order valence-corrected chi connectivity index (χ1v) is 6.76. The van der Waals surface area contributed by atoms with Crippen LogP contribution in [0.25, 0.3) is 0 Å². The SMILES string of the molecule is CN(Cc1ccccc1O)C(=O)C1(C)CCCNC1. The molecule has 1 heterocycles. The Hall–Kier alpha value is -1.55. The third-order valence-corrected chi connectivity index (χ3v) is 3.86. The van der Waals surface area contributed by atoms with Gasteiger partial charge in [0.25, 0.3) is 0 Å². The number of aromatic hydroxyl groups is 1. The maximum absolute atomic E-state index is 12.5. The molecule has 0 radical (unpaired) electrons. The van der Waals surface area contributed by atoms with E-state index < -0.39 is 0 Å². The number of carbonyl (C=O) groups excluding carboxylic acids is 1. The van der Waals surface area contributed by atoms with Crippen molar-refractivity contribution in [3.63, 3.8) is 0 Å². The molecule has 1 saturated heterocycles. The summed E-state index contributed by atoms with van der Waals surface area (Å²) in [5.74, 6) is 0.386. The van der Waals surface area contributed by atoms with Gasteiger partial charge in [0, 0.05) is 25.7 Å². The number of piperidine rings is 1. The number of hydrogen-bond acceptors (Lipinski definition) is 3. The number of benzene rings is 1. The van der Waals surface area contributed by atoms with Gasteiger partial charge >= 0.3 is 0 Å². The van der Waals surface area contributed by atoms with Gasteiger partial charge in [-0.3, -0.25) is 4.79 Å². The topological polar surface area (TPSA) is 52.6 Å². The molecule has 1 atom stereocenters. The van der Waals surface area contributed by atoms with Gasteiger partial charge < -0.3 is 15.3 Å². The lowest BCUT2D eigenvalue weighted by molar-refractivity contribution is -0.141. The van der Waals surface area contributed by atoms with E-state index in [1.54, 1.807) is 24.1 Å². The van der Waals surface area contributed by atoms with Crippen LogP contribution in [0.3, 0.4) is 0 Å². The van der Waals surface area contributed by atoms with Crippen LogP contribution in [-0.2, 0) is 11.3 Å². The lowest BCUT2D eigenvalue weighted by Gasteiger charge is -2.36. The number of amides is 1. The van der Waals surface area contributed by atoms with E-state index in [0.717, 1.165) is 31.5 Å². The van der Waals surface area contributed by atoms with E-state index in [2.05, 4.69) is 5.32 Å². The van der Waals surface area contributed by atoms with Crippen LogP contribution in [0.4, 0.5) is 0 Å². The number of hydrogen-bond donors (Lipinski definition) is 2. The first kappa shape index (κ1) is 13.9. The zero-order valence-corrected chi connectivity index (χ0v) is 11.6. The Morgan fingerprint density at radius 3 is 2.84 bits per heavy atom. The predicted molar refractivity (Wildman–Crippen MR) is 74.8 cm³/mol. The molecule has 0 saturated carbocycles. The average molecular weight is 262 g/mol. The number of rotatable bonds is 3. The number of nitrogens with zero attached hydrogens (tertiary/aromatic N) is 1. The normalized spacial score (nSPS) is 23.1. The molecule has 2 rings (SSSR count). The summed E-state index contributed by atoms with van der Waals surface area (Å²) in [7, 11) is 1.80. The van der Waals surface area contributed by atoms with Crippen molar-refractivity contribution in [3.8, 4) is 5.75 Å². The molecule has 1 fully saturated rings. The van der Waals surface area contributed by atoms with Crippen LogP contribution in [0.5, 0.6) is 5.75 Å². The fourth-order valence-corrected chi connectivity index (χ4v) is 2.67. The Morgan fingerprint density at radius 2 is 2.21 bits per heavy atom. The maximum atomic E-state index is 12.5. The van der Waals surface area contributed by atoms with Crippen molar-refractivity contribution in [1.82, 2.24) is 10.2 Å². The number of nitrogens with one attached hydrogen (secondary N) is 1. The Kier molecular flexibility index (Phi) is 4.10. The molecule has 0 bridgehead atoms. The lowest BCUT2D eigenvalue weighted by Crippen LogP contribution is -2.48. The van der Waals surface area contributed by atoms with Gasteiger partial charge in [0.05, 0.1) is 5.41 Å². The van der Waals surface area contributed by atoms with Crippen LogP contribution in [0, 0.1) is 5.41 Å². The predicted octanol–water partition coefficient (Wildman–Crippen LogP) is 1.74. The maximum Gasteiger partial charge on any atom is 0.229 e. The summed E-state index contributed by atoms with van der Waals surface area (Å²) in [4.78, 5) is 14.3. The molecule has 1 unspecified atom stereocenters. The smallest absolute Gasteiger partial charge is 0.229 e. The quantitative estimate of drug-likeness (QED) is 0.872. The summed E-state index contributed by atoms with van der Waals surface area (Å²) >= 11 is 0. The number of phenols is 1. The molecule has 1 aromatic carbocycles. The highest BCUT2D eigenvalue weighted by atomic mass is 16.3. The van der Waals surface area contributed by atoms with E-state index in [4.69, 9.17) is 0 Å². The molecule has 0 aromatic heterocycles. The monoisotopic (exact) mass is 262 g/mol. The second-order valence-electron chi connectivity index (χ2n) is 5.63. The summed E-state index contributed by atoms with van der Waals surface area (Å²) in [6.45, 7) is 4.19. The summed E-state index contributed by atoms with van der Waals surface area (Å²) in [6.07, 6.45) is 1.95. The molecule has 4 nitrogen and oxygen atoms in total. The Morgan fingerprint density at radius 1 is 1.47 bits per heavy atom. The van der Waals surface area contributed by atoms with Gasteiger partial charge in [-0.05, 0) is 32.4 Å². The standard InChI is InChI=1S/C15H22N2O2/c1-15(8-5-9-16-11-15)14(19)17(2)10-12-6-3-4-7-13(12)18/h3-4,6-7,16,18H,5,8-11H2,1-2H3. The minimum Gasteiger partial charge on any atom is -0.508 e. The van der Waals surface area contributed by atoms with Gasteiger partial charge in [-0.1, -0.05) is 18.2 Å². The third-order valence-electron chi connectivity index (χ3n) is 3.86. The van der Waals surface area contributed by atoms with Crippen LogP contribution in [0.15, 0.2) is 24.3 Å². The number of carbonyl (C=O) groups is 1. The van der Waals surface area contributed by atoms with Crippen molar-refractivity contribution in [2.45, 2.75) is 26.3 Å². The lowest BCUT2D eigenvalue weighted by atomic mass is 9.81. The van der Waals surface area contributed by atoms with Gasteiger partial charge in [-0.2, -0.15) is 0 Å². The van der Waals surface area contributed by atoms with E-state index in [9.17, 15) is 9.90 Å². The van der Waals surface area contributed by atoms with Crippen molar-refractivity contribution in [2.24, 2.45) is 5.41 Å². The fraction of sp³-hybridized carbons (Fsp3) is 0.533. The minimum atomic E-state index is -0.322. The molecular weight excluding hydrogens is 240 g/mol. The summed E-state index contributed by atoms with van der Waals surface area (Å²) in [6, 6.07) is 7.16. The van der Waals surface area contributed by atoms with Crippen molar-refractivity contribution in [1.29, 1.82) is 0 Å². The molecule has 1 aliphatic rings. The van der Waals surface area contributed by atoms with E-state index in [0.29, 0.717) is 6.54 Å². The first-order valence-electron chi connectivity index (χ1n) is 6.76. The van der Waals surface area contributed by atoms with Gasteiger partial charge in [0.15, 0.2) is 0 Å². The average Bonchev–Trinajstić information content (AvgIpc) is 2.41. The Balaban J connectivity index is 2.05. The van der Waals surface area contributed by atoms with Crippen LogP contribution in [-0.4, -0.2) is 36.1 Å². The van der Waals surface area contributed by atoms with Crippen molar-refractivity contribution in [2.75, 3.05) is 20.1 Å². The van der Waals surface area contributed by atoms with Gasteiger partial charge in [0.1, 0.15) is 5.75 Å². The Labute approximate surface area is 114 Å². The second kappa shape index (κ2) is 5.61. The zero-order chi connectivity index (χ0) is 13.9. The molecular formula is C15H22N2O2. The Bertz CT molecular complexity index is 453. The second-order valence-corrected chi connectivity index (χ2v) is 5.63. The molecule has 1 aromatic rings. The van der Waals surface area contributed by atoms with Crippen LogP contribution in [0.1, 0.15) is 25.3 Å². The molecule has 1 aliphatic heterocycles. The van der Waals surface area contributed by atoms with E-state index in [1.165, 1.54) is 0 Å². The van der Waals surface area contributed by atoms with Gasteiger partial charge in [-0.25, -0.2) is 0 Å². The highest BCUT2D eigenvalue weighted by molar-refractivity contribution is 5.82. The third kappa shape index (κ3) is 3.07. The first-order chi connectivity index (χ1) is 9.03. The highest BCUT2D eigenvalue weighted by Crippen LogP contribution is 2.28.